The number of halogens is 1. The van der Waals surface area contributed by atoms with E-state index in [-0.39, 0.29) is 16.7 Å². The van der Waals surface area contributed by atoms with E-state index in [0.29, 0.717) is 12.1 Å². The summed E-state index contributed by atoms with van der Waals surface area (Å²) in [7, 11) is 0. The molecule has 0 aliphatic carbocycles. The van der Waals surface area contributed by atoms with Crippen LogP contribution < -0.4 is 0 Å². The average molecular weight is 341 g/mol. The Kier molecular flexibility index (Phi) is 3.79. The van der Waals surface area contributed by atoms with Gasteiger partial charge in [-0.05, 0) is 37.3 Å². The highest BCUT2D eigenvalue weighted by Crippen LogP contribution is 2.37. The second kappa shape index (κ2) is 5.42. The minimum Gasteiger partial charge on any atom is -0.393 e. The van der Waals surface area contributed by atoms with Gasteiger partial charge in [0, 0.05) is 35.2 Å². The fourth-order valence-corrected chi connectivity index (χ4v) is 3.97. The van der Waals surface area contributed by atoms with Crippen LogP contribution in [0, 0.1) is 10.1 Å². The van der Waals surface area contributed by atoms with Crippen molar-refractivity contribution in [1.29, 1.82) is 0 Å². The number of rotatable bonds is 3. The minimum absolute atomic E-state index is 0.109. The average Bonchev–Trinajstić information content (AvgIpc) is 2.63. The normalized spacial score (nSPS) is 29.6. The molecule has 2 unspecified atom stereocenters. The van der Waals surface area contributed by atoms with Gasteiger partial charge in [-0.15, -0.1) is 0 Å². The summed E-state index contributed by atoms with van der Waals surface area (Å²) in [4.78, 5) is 12.8. The van der Waals surface area contributed by atoms with E-state index in [2.05, 4.69) is 20.8 Å². The summed E-state index contributed by atoms with van der Waals surface area (Å²) in [5, 5.41) is 20.6. The molecule has 2 atom stereocenters. The van der Waals surface area contributed by atoms with Gasteiger partial charge in [-0.1, -0.05) is 15.9 Å². The maximum absolute atomic E-state index is 10.8. The van der Waals surface area contributed by atoms with Gasteiger partial charge in [-0.25, -0.2) is 0 Å². The molecule has 0 aromatic heterocycles. The predicted octanol–water partition coefficient (Wildman–Crippen LogP) is 2.85. The lowest BCUT2D eigenvalue weighted by Crippen LogP contribution is -2.44. The fraction of sp³-hybridized carbons (Fsp3) is 0.571. The van der Waals surface area contributed by atoms with E-state index in [0.717, 1.165) is 42.3 Å². The first-order chi connectivity index (χ1) is 9.54. The summed E-state index contributed by atoms with van der Waals surface area (Å²) in [6, 6.07) is 5.85. The Morgan fingerprint density at radius 1 is 1.35 bits per heavy atom. The maximum Gasteiger partial charge on any atom is 0.270 e. The molecule has 1 N–H and O–H groups in total. The molecule has 2 fully saturated rings. The SMILES string of the molecule is O=[N+]([O-])c1ccc(CN2C3CCC2CC(O)C3)c(Br)c1. The zero-order valence-corrected chi connectivity index (χ0v) is 12.6. The third kappa shape index (κ3) is 2.60. The van der Waals surface area contributed by atoms with E-state index in [1.54, 1.807) is 12.1 Å². The summed E-state index contributed by atoms with van der Waals surface area (Å²) < 4.78 is 0.789. The molecule has 1 aromatic carbocycles. The molecule has 0 radical (unpaired) electrons. The zero-order chi connectivity index (χ0) is 14.3. The fourth-order valence-electron chi connectivity index (χ4n) is 3.48. The molecular weight excluding hydrogens is 324 g/mol. The van der Waals surface area contributed by atoms with Crippen LogP contribution >= 0.6 is 15.9 Å². The molecule has 2 aliphatic rings. The van der Waals surface area contributed by atoms with Crippen molar-refractivity contribution in [2.24, 2.45) is 0 Å². The van der Waals surface area contributed by atoms with Crippen molar-refractivity contribution in [3.63, 3.8) is 0 Å². The third-order valence-corrected chi connectivity index (χ3v) is 5.20. The summed E-state index contributed by atoms with van der Waals surface area (Å²) in [5.74, 6) is 0. The van der Waals surface area contributed by atoms with Crippen molar-refractivity contribution in [1.82, 2.24) is 4.90 Å². The standard InChI is InChI=1S/C14H17BrN2O3/c15-14-7-12(17(19)20)2-1-9(14)8-16-10-3-4-11(16)6-13(18)5-10/h1-2,7,10-11,13,18H,3-6,8H2. The number of hydrogen-bond donors (Lipinski definition) is 1. The number of nitro groups is 1. The highest BCUT2D eigenvalue weighted by Gasteiger charge is 2.40. The number of nitrogens with zero attached hydrogens (tertiary/aromatic N) is 2. The van der Waals surface area contributed by atoms with Gasteiger partial charge >= 0.3 is 0 Å². The van der Waals surface area contributed by atoms with Crippen molar-refractivity contribution in [2.45, 2.75) is 50.4 Å². The van der Waals surface area contributed by atoms with Crippen LogP contribution in [0.3, 0.4) is 0 Å². The van der Waals surface area contributed by atoms with Crippen LogP contribution in [0.25, 0.3) is 0 Å². The lowest BCUT2D eigenvalue weighted by atomic mass is 9.99. The van der Waals surface area contributed by atoms with Crippen molar-refractivity contribution in [3.05, 3.63) is 38.3 Å². The van der Waals surface area contributed by atoms with Gasteiger partial charge in [-0.2, -0.15) is 0 Å². The number of non-ortho nitro benzene ring substituents is 1. The number of nitro benzene ring substituents is 1. The van der Waals surface area contributed by atoms with E-state index < -0.39 is 0 Å². The predicted molar refractivity (Wildman–Crippen MR) is 78.4 cm³/mol. The molecule has 2 heterocycles. The van der Waals surface area contributed by atoms with Gasteiger partial charge in [-0.3, -0.25) is 15.0 Å². The van der Waals surface area contributed by atoms with Crippen molar-refractivity contribution >= 4 is 21.6 Å². The second-order valence-electron chi connectivity index (χ2n) is 5.72. The Morgan fingerprint density at radius 2 is 2.00 bits per heavy atom. The topological polar surface area (TPSA) is 66.6 Å². The lowest BCUT2D eigenvalue weighted by molar-refractivity contribution is -0.384. The smallest absolute Gasteiger partial charge is 0.270 e. The Hall–Kier alpha value is -0.980. The van der Waals surface area contributed by atoms with E-state index in [9.17, 15) is 15.2 Å². The van der Waals surface area contributed by atoms with Crippen LogP contribution in [0.1, 0.15) is 31.2 Å². The molecule has 5 nitrogen and oxygen atoms in total. The third-order valence-electron chi connectivity index (χ3n) is 4.46. The molecule has 1 aromatic rings. The molecule has 108 valence electrons. The Bertz CT molecular complexity index is 523. The first-order valence-corrected chi connectivity index (χ1v) is 7.70. The summed E-state index contributed by atoms with van der Waals surface area (Å²) in [6.07, 6.45) is 3.82. The first kappa shape index (κ1) is 14.0. The van der Waals surface area contributed by atoms with Crippen molar-refractivity contribution in [2.75, 3.05) is 0 Å². The molecule has 3 rings (SSSR count). The van der Waals surface area contributed by atoms with Crippen LogP contribution in [0.15, 0.2) is 22.7 Å². The molecule has 2 aliphatic heterocycles. The monoisotopic (exact) mass is 340 g/mol. The van der Waals surface area contributed by atoms with E-state index in [1.165, 1.54) is 0 Å². The second-order valence-corrected chi connectivity index (χ2v) is 6.57. The van der Waals surface area contributed by atoms with E-state index >= 15 is 0 Å². The van der Waals surface area contributed by atoms with E-state index in [1.807, 2.05) is 6.07 Å². The van der Waals surface area contributed by atoms with Crippen molar-refractivity contribution < 1.29 is 10.0 Å². The first-order valence-electron chi connectivity index (χ1n) is 6.91. The van der Waals surface area contributed by atoms with Gasteiger partial charge in [0.15, 0.2) is 0 Å². The molecular formula is C14H17BrN2O3. The Labute approximate surface area is 125 Å². The molecule has 0 saturated carbocycles. The maximum atomic E-state index is 10.8. The van der Waals surface area contributed by atoms with Gasteiger partial charge in [0.25, 0.3) is 5.69 Å². The van der Waals surface area contributed by atoms with Crippen LogP contribution in [-0.4, -0.2) is 33.1 Å². The molecule has 20 heavy (non-hydrogen) atoms. The van der Waals surface area contributed by atoms with Crippen LogP contribution in [0.5, 0.6) is 0 Å². The minimum atomic E-state index is -0.379. The Morgan fingerprint density at radius 3 is 2.55 bits per heavy atom. The zero-order valence-electron chi connectivity index (χ0n) is 11.0. The molecule has 0 amide bonds. The highest BCUT2D eigenvalue weighted by atomic mass is 79.9. The number of fused-ring (bicyclic) bond motifs is 2. The summed E-state index contributed by atoms with van der Waals surface area (Å²) in [5.41, 5.74) is 1.18. The van der Waals surface area contributed by atoms with Crippen LogP contribution in [0.4, 0.5) is 5.69 Å². The Balaban J connectivity index is 1.77. The lowest BCUT2D eigenvalue weighted by Gasteiger charge is -2.37. The molecule has 6 heteroatoms. The number of aliphatic hydroxyl groups is 1. The molecule has 0 spiro atoms. The number of hydrogen-bond acceptors (Lipinski definition) is 4. The van der Waals surface area contributed by atoms with Crippen LogP contribution in [0.2, 0.25) is 0 Å². The van der Waals surface area contributed by atoms with Gasteiger partial charge in [0.1, 0.15) is 0 Å². The summed E-state index contributed by atoms with van der Waals surface area (Å²) in [6.45, 7) is 0.792. The number of aliphatic hydroxyl groups excluding tert-OH is 1. The van der Waals surface area contributed by atoms with Gasteiger partial charge < -0.3 is 5.11 Å². The van der Waals surface area contributed by atoms with Crippen LogP contribution in [-0.2, 0) is 6.54 Å². The van der Waals surface area contributed by atoms with Crippen molar-refractivity contribution in [3.8, 4) is 0 Å². The largest absolute Gasteiger partial charge is 0.393 e. The van der Waals surface area contributed by atoms with Gasteiger partial charge in [0.2, 0.25) is 0 Å². The highest BCUT2D eigenvalue weighted by molar-refractivity contribution is 9.10. The quantitative estimate of drug-likeness (QED) is 0.678. The van der Waals surface area contributed by atoms with Gasteiger partial charge in [0.05, 0.1) is 11.0 Å². The summed E-state index contributed by atoms with van der Waals surface area (Å²) >= 11 is 3.43. The molecule has 2 bridgehead atoms. The number of benzene rings is 1. The number of piperidine rings is 1. The van der Waals surface area contributed by atoms with E-state index in [4.69, 9.17) is 0 Å². The molecule has 2 saturated heterocycles.